The van der Waals surface area contributed by atoms with Crippen molar-refractivity contribution in [3.05, 3.63) is 24.8 Å². The van der Waals surface area contributed by atoms with Gasteiger partial charge < -0.3 is 10.2 Å². The van der Waals surface area contributed by atoms with Crippen molar-refractivity contribution in [3.8, 4) is 23.7 Å². The monoisotopic (exact) mass is 232 g/mol. The summed E-state index contributed by atoms with van der Waals surface area (Å²) in [5.74, 6) is 10.2. The number of aliphatic hydroxyl groups is 2. The highest BCUT2D eigenvalue weighted by molar-refractivity contribution is 5.32. The standard InChI is InChI=1S/C15H20O2/c1-3-5-8-12-15(17)13-10-7-6-9-11-14(16)4-2/h4,10,13-17H,2-3,5,8,12H2,1H3/b13-10+/t14-,15+/m0/s1. The number of aliphatic hydroxyl groups excluding tert-OH is 2. The van der Waals surface area contributed by atoms with Crippen LogP contribution in [0.5, 0.6) is 0 Å². The predicted molar refractivity (Wildman–Crippen MR) is 71.0 cm³/mol. The number of allylic oxidation sites excluding steroid dienone is 1. The van der Waals surface area contributed by atoms with Crippen LogP contribution in [0.4, 0.5) is 0 Å². The molecule has 2 nitrogen and oxygen atoms in total. The van der Waals surface area contributed by atoms with Crippen molar-refractivity contribution in [1.82, 2.24) is 0 Å². The van der Waals surface area contributed by atoms with E-state index in [4.69, 9.17) is 5.11 Å². The number of hydrogen-bond acceptors (Lipinski definition) is 2. The zero-order valence-corrected chi connectivity index (χ0v) is 10.3. The van der Waals surface area contributed by atoms with Crippen LogP contribution < -0.4 is 0 Å². The first-order valence-electron chi connectivity index (χ1n) is 5.87. The van der Waals surface area contributed by atoms with E-state index in [-0.39, 0.29) is 0 Å². The van der Waals surface area contributed by atoms with Crippen molar-refractivity contribution < 1.29 is 10.2 Å². The molecule has 0 aliphatic heterocycles. The van der Waals surface area contributed by atoms with E-state index in [9.17, 15) is 5.11 Å². The lowest BCUT2D eigenvalue weighted by Gasteiger charge is -2.02. The van der Waals surface area contributed by atoms with Gasteiger partial charge in [0.25, 0.3) is 0 Å². The molecule has 2 N–H and O–H groups in total. The van der Waals surface area contributed by atoms with Gasteiger partial charge in [-0.3, -0.25) is 0 Å². The average Bonchev–Trinajstić information content (AvgIpc) is 2.33. The molecule has 0 unspecified atom stereocenters. The molecule has 0 bridgehead atoms. The Morgan fingerprint density at radius 3 is 2.65 bits per heavy atom. The van der Waals surface area contributed by atoms with Crippen LogP contribution in [-0.4, -0.2) is 22.4 Å². The van der Waals surface area contributed by atoms with Crippen LogP contribution in [0.3, 0.4) is 0 Å². The second kappa shape index (κ2) is 11.0. The van der Waals surface area contributed by atoms with E-state index in [1.54, 1.807) is 12.2 Å². The zero-order valence-electron chi connectivity index (χ0n) is 10.3. The molecule has 0 saturated heterocycles. The summed E-state index contributed by atoms with van der Waals surface area (Å²) in [6, 6.07) is 0. The first-order chi connectivity index (χ1) is 8.20. The van der Waals surface area contributed by atoms with Gasteiger partial charge in [-0.05, 0) is 30.4 Å². The Hall–Kier alpha value is -1.48. The van der Waals surface area contributed by atoms with E-state index < -0.39 is 12.2 Å². The van der Waals surface area contributed by atoms with E-state index in [2.05, 4.69) is 37.2 Å². The predicted octanol–water partition coefficient (Wildman–Crippen LogP) is 2.04. The van der Waals surface area contributed by atoms with E-state index >= 15 is 0 Å². The van der Waals surface area contributed by atoms with Crippen molar-refractivity contribution in [1.29, 1.82) is 0 Å². The Morgan fingerprint density at radius 1 is 1.24 bits per heavy atom. The van der Waals surface area contributed by atoms with Gasteiger partial charge in [0.15, 0.2) is 0 Å². The van der Waals surface area contributed by atoms with Crippen LogP contribution >= 0.6 is 0 Å². The van der Waals surface area contributed by atoms with Crippen LogP contribution in [0.2, 0.25) is 0 Å². The van der Waals surface area contributed by atoms with Crippen molar-refractivity contribution in [2.75, 3.05) is 0 Å². The van der Waals surface area contributed by atoms with E-state index in [0.29, 0.717) is 0 Å². The summed E-state index contributed by atoms with van der Waals surface area (Å²) in [4.78, 5) is 0. The van der Waals surface area contributed by atoms with Crippen molar-refractivity contribution in [2.24, 2.45) is 0 Å². The molecule has 0 heterocycles. The van der Waals surface area contributed by atoms with Crippen LogP contribution in [0.25, 0.3) is 0 Å². The van der Waals surface area contributed by atoms with Crippen LogP contribution in [0.1, 0.15) is 32.6 Å². The van der Waals surface area contributed by atoms with Gasteiger partial charge in [-0.1, -0.05) is 50.7 Å². The normalized spacial score (nSPS) is 13.1. The van der Waals surface area contributed by atoms with Gasteiger partial charge in [0.2, 0.25) is 0 Å². The highest BCUT2D eigenvalue weighted by Crippen LogP contribution is 2.03. The summed E-state index contributed by atoms with van der Waals surface area (Å²) in [6.07, 6.45) is 7.42. The molecule has 0 aliphatic carbocycles. The maximum atomic E-state index is 9.51. The van der Waals surface area contributed by atoms with Crippen molar-refractivity contribution in [3.63, 3.8) is 0 Å². The molecule has 0 aromatic heterocycles. The highest BCUT2D eigenvalue weighted by Gasteiger charge is 1.96. The van der Waals surface area contributed by atoms with Crippen molar-refractivity contribution in [2.45, 2.75) is 44.8 Å². The fourth-order valence-corrected chi connectivity index (χ4v) is 1.11. The van der Waals surface area contributed by atoms with E-state index in [0.717, 1.165) is 25.7 Å². The third kappa shape index (κ3) is 10.8. The molecule has 2 heteroatoms. The fourth-order valence-electron chi connectivity index (χ4n) is 1.11. The second-order valence-electron chi connectivity index (χ2n) is 3.64. The Bertz CT molecular complexity index is 347. The summed E-state index contributed by atoms with van der Waals surface area (Å²) in [5.41, 5.74) is 0. The number of hydrogen-bond donors (Lipinski definition) is 2. The second-order valence-corrected chi connectivity index (χ2v) is 3.64. The van der Waals surface area contributed by atoms with Gasteiger partial charge in [-0.15, -0.1) is 0 Å². The minimum Gasteiger partial charge on any atom is -0.389 e. The first-order valence-corrected chi connectivity index (χ1v) is 5.87. The summed E-state index contributed by atoms with van der Waals surface area (Å²) in [7, 11) is 0. The molecule has 0 fully saturated rings. The van der Waals surface area contributed by atoms with Gasteiger partial charge in [-0.25, -0.2) is 0 Å². The summed E-state index contributed by atoms with van der Waals surface area (Å²) >= 11 is 0. The molecule has 0 saturated carbocycles. The quantitative estimate of drug-likeness (QED) is 0.418. The lowest BCUT2D eigenvalue weighted by molar-refractivity contribution is 0.208. The minimum absolute atomic E-state index is 0.428. The summed E-state index contributed by atoms with van der Waals surface area (Å²) in [6.45, 7) is 5.52. The van der Waals surface area contributed by atoms with Gasteiger partial charge >= 0.3 is 0 Å². The molecule has 0 rings (SSSR count). The van der Waals surface area contributed by atoms with Gasteiger partial charge in [-0.2, -0.15) is 0 Å². The SMILES string of the molecule is C=C[C@H](O)C#CC#C/C=C/[C@H](O)CCCCC. The Morgan fingerprint density at radius 2 is 2.00 bits per heavy atom. The molecule has 0 radical (unpaired) electrons. The molecule has 0 amide bonds. The first kappa shape index (κ1) is 15.5. The maximum absolute atomic E-state index is 9.51. The zero-order chi connectivity index (χ0) is 12.9. The molecule has 92 valence electrons. The molecule has 0 aromatic rings. The molecule has 2 atom stereocenters. The van der Waals surface area contributed by atoms with Crippen LogP contribution in [-0.2, 0) is 0 Å². The molecule has 0 spiro atoms. The molecule has 0 aromatic carbocycles. The average molecular weight is 232 g/mol. The lowest BCUT2D eigenvalue weighted by atomic mass is 10.1. The summed E-state index contributed by atoms with van der Waals surface area (Å²) < 4.78 is 0. The minimum atomic E-state index is -0.826. The molecule has 17 heavy (non-hydrogen) atoms. The largest absolute Gasteiger partial charge is 0.389 e. The topological polar surface area (TPSA) is 40.5 Å². The fraction of sp³-hybridized carbons (Fsp3) is 0.467. The van der Waals surface area contributed by atoms with Gasteiger partial charge in [0, 0.05) is 0 Å². The smallest absolute Gasteiger partial charge is 0.134 e. The Labute approximate surface area is 104 Å². The van der Waals surface area contributed by atoms with Gasteiger partial charge in [0.05, 0.1) is 6.10 Å². The van der Waals surface area contributed by atoms with E-state index in [1.807, 2.05) is 0 Å². The highest BCUT2D eigenvalue weighted by atomic mass is 16.3. The lowest BCUT2D eigenvalue weighted by Crippen LogP contribution is -2.00. The molecule has 0 aliphatic rings. The van der Waals surface area contributed by atoms with Crippen molar-refractivity contribution >= 4 is 0 Å². The van der Waals surface area contributed by atoms with Crippen LogP contribution in [0, 0.1) is 23.7 Å². The van der Waals surface area contributed by atoms with Crippen LogP contribution in [0.15, 0.2) is 24.8 Å². The van der Waals surface area contributed by atoms with E-state index in [1.165, 1.54) is 6.08 Å². The third-order valence-electron chi connectivity index (χ3n) is 2.08. The Kier molecular flexibility index (Phi) is 10.1. The summed E-state index contributed by atoms with van der Waals surface area (Å²) in [5, 5.41) is 18.5. The Balaban J connectivity index is 3.88. The molecular formula is C15H20O2. The maximum Gasteiger partial charge on any atom is 0.134 e. The third-order valence-corrected chi connectivity index (χ3v) is 2.08. The number of unbranched alkanes of at least 4 members (excludes halogenated alkanes) is 2. The molecular weight excluding hydrogens is 212 g/mol. The van der Waals surface area contributed by atoms with Gasteiger partial charge in [0.1, 0.15) is 6.10 Å². The number of rotatable bonds is 6.